The van der Waals surface area contributed by atoms with Crippen LogP contribution < -0.4 is 26.4 Å². The summed E-state index contributed by atoms with van der Waals surface area (Å²) in [6.07, 6.45) is 5.05. The highest BCUT2D eigenvalue weighted by molar-refractivity contribution is 5.91. The van der Waals surface area contributed by atoms with Gasteiger partial charge in [-0.3, -0.25) is 19.4 Å². The van der Waals surface area contributed by atoms with Gasteiger partial charge in [-0.2, -0.15) is 0 Å². The molecule has 1 aliphatic heterocycles. The van der Waals surface area contributed by atoms with Gasteiger partial charge in [0.1, 0.15) is 17.6 Å². The van der Waals surface area contributed by atoms with E-state index in [9.17, 15) is 23.9 Å². The summed E-state index contributed by atoms with van der Waals surface area (Å²) < 4.78 is 20.1. The Kier molecular flexibility index (Phi) is 11.6. The lowest BCUT2D eigenvalue weighted by molar-refractivity contribution is -0.132. The molecule has 212 valence electrons. The topological polar surface area (TPSA) is 156 Å². The molecule has 3 atom stereocenters. The van der Waals surface area contributed by atoms with E-state index in [1.165, 1.54) is 12.1 Å². The van der Waals surface area contributed by atoms with E-state index in [2.05, 4.69) is 20.9 Å². The Morgan fingerprint density at radius 1 is 1.18 bits per heavy atom. The molecule has 0 saturated heterocycles. The van der Waals surface area contributed by atoms with Crippen molar-refractivity contribution in [2.75, 3.05) is 13.2 Å². The maximum Gasteiger partial charge on any atom is 0.243 e. The molecule has 0 aliphatic carbocycles. The lowest BCUT2D eigenvalue weighted by Crippen LogP contribution is -2.55. The first kappa shape index (κ1) is 30.0. The summed E-state index contributed by atoms with van der Waals surface area (Å²) in [5.74, 6) is -1.94. The van der Waals surface area contributed by atoms with E-state index in [1.54, 1.807) is 18.5 Å². The van der Waals surface area contributed by atoms with Gasteiger partial charge in [-0.25, -0.2) is 4.39 Å². The number of fused-ring (bicyclic) bond motifs is 2. The smallest absolute Gasteiger partial charge is 0.243 e. The molecule has 1 aromatic heterocycles. The summed E-state index contributed by atoms with van der Waals surface area (Å²) in [5, 5.41) is 19.6. The minimum atomic E-state index is -1.19. The van der Waals surface area contributed by atoms with Gasteiger partial charge in [-0.05, 0) is 60.9 Å². The number of hydrogen-bond donors (Lipinski definition) is 5. The summed E-state index contributed by atoms with van der Waals surface area (Å²) >= 11 is 0. The van der Waals surface area contributed by atoms with Gasteiger partial charge >= 0.3 is 0 Å². The molecule has 11 heteroatoms. The fourth-order valence-corrected chi connectivity index (χ4v) is 4.41. The predicted molar refractivity (Wildman–Crippen MR) is 143 cm³/mol. The first-order valence-corrected chi connectivity index (χ1v) is 13.4. The number of halogens is 1. The van der Waals surface area contributed by atoms with Gasteiger partial charge in [-0.15, -0.1) is 0 Å². The summed E-state index contributed by atoms with van der Waals surface area (Å²) in [6.45, 7) is 2.94. The molecular formula is C28H38FN5O5. The minimum absolute atomic E-state index is 0.0762. The number of nitrogens with one attached hydrogen (secondary N) is 3. The second kappa shape index (κ2) is 15.1. The second-order valence-electron chi connectivity index (χ2n) is 9.82. The molecule has 0 fully saturated rings. The summed E-state index contributed by atoms with van der Waals surface area (Å²) in [6, 6.07) is 4.23. The van der Waals surface area contributed by atoms with Crippen molar-refractivity contribution in [1.82, 2.24) is 20.9 Å². The maximum absolute atomic E-state index is 14.4. The van der Waals surface area contributed by atoms with Gasteiger partial charge in [0.25, 0.3) is 0 Å². The van der Waals surface area contributed by atoms with E-state index < -0.39 is 42.2 Å². The van der Waals surface area contributed by atoms with E-state index in [4.69, 9.17) is 10.5 Å². The van der Waals surface area contributed by atoms with Gasteiger partial charge in [0.05, 0.1) is 25.2 Å². The van der Waals surface area contributed by atoms with Crippen LogP contribution in [0.5, 0.6) is 5.75 Å². The molecule has 3 amide bonds. The predicted octanol–water partition coefficient (Wildman–Crippen LogP) is 1.27. The molecule has 1 aliphatic rings. The first-order valence-electron chi connectivity index (χ1n) is 13.4. The molecule has 0 saturated carbocycles. The van der Waals surface area contributed by atoms with Crippen LogP contribution in [-0.4, -0.2) is 59.2 Å². The number of aromatic nitrogens is 1. The van der Waals surface area contributed by atoms with Gasteiger partial charge in [0.2, 0.25) is 17.7 Å². The number of carbonyl (C=O) groups excluding carboxylic acids is 3. The van der Waals surface area contributed by atoms with Crippen molar-refractivity contribution in [2.24, 2.45) is 5.73 Å². The number of aliphatic hydroxyl groups excluding tert-OH is 1. The molecule has 39 heavy (non-hydrogen) atoms. The van der Waals surface area contributed by atoms with Crippen LogP contribution in [0.25, 0.3) is 0 Å². The van der Waals surface area contributed by atoms with Crippen molar-refractivity contribution in [1.29, 1.82) is 0 Å². The van der Waals surface area contributed by atoms with Crippen molar-refractivity contribution in [3.63, 3.8) is 0 Å². The lowest BCUT2D eigenvalue weighted by atomic mass is 9.99. The third kappa shape index (κ3) is 10.3. The van der Waals surface area contributed by atoms with E-state index >= 15 is 0 Å². The number of aliphatic hydroxyl groups is 1. The number of hydrogen-bond acceptors (Lipinski definition) is 7. The average molecular weight is 544 g/mol. The Morgan fingerprint density at radius 3 is 2.74 bits per heavy atom. The molecule has 2 heterocycles. The number of nitrogens with two attached hydrogens (primary N) is 1. The Labute approximate surface area is 227 Å². The van der Waals surface area contributed by atoms with Crippen LogP contribution in [-0.2, 0) is 33.8 Å². The number of rotatable bonds is 8. The van der Waals surface area contributed by atoms with Crippen LogP contribution >= 0.6 is 0 Å². The molecule has 3 rings (SSSR count). The molecule has 2 aromatic rings. The fraction of sp³-hybridized carbons (Fsp3) is 0.500. The fourth-order valence-electron chi connectivity index (χ4n) is 4.41. The zero-order valence-corrected chi connectivity index (χ0v) is 22.2. The number of primary amides is 1. The Hall–Kier alpha value is -3.57. The summed E-state index contributed by atoms with van der Waals surface area (Å²) in [5.41, 5.74) is 7.88. The number of benzene rings is 1. The van der Waals surface area contributed by atoms with Gasteiger partial charge in [-0.1, -0.05) is 13.0 Å². The Morgan fingerprint density at radius 2 is 1.97 bits per heavy atom. The van der Waals surface area contributed by atoms with E-state index in [1.807, 2.05) is 13.0 Å². The minimum Gasteiger partial charge on any atom is -0.493 e. The Balaban J connectivity index is 1.80. The van der Waals surface area contributed by atoms with Crippen LogP contribution in [0.3, 0.4) is 0 Å². The number of carbonyl (C=O) groups is 3. The highest BCUT2D eigenvalue weighted by atomic mass is 19.1. The molecule has 6 N–H and O–H groups in total. The summed E-state index contributed by atoms with van der Waals surface area (Å²) in [4.78, 5) is 41.5. The van der Waals surface area contributed by atoms with Crippen LogP contribution in [0.2, 0.25) is 0 Å². The standard InChI is InChI=1S/C28H38FN5O5/c1-2-18-8-20(15-31-14-18)16-32-17-25(35)23-11-19-9-21(29)12-22(10-19)39-7-5-3-4-6-27(37)33-24(13-26(30)36)28(38)34-23/h8-10,12,14-15,23-25,32,35H,2-7,11,13,16-17H2,1H3,(H2,30,36)(H,33,37)(H,34,38). The average Bonchev–Trinajstić information content (AvgIpc) is 2.89. The number of pyridine rings is 1. The van der Waals surface area contributed by atoms with Crippen LogP contribution in [0.4, 0.5) is 4.39 Å². The molecular weight excluding hydrogens is 505 g/mol. The van der Waals surface area contributed by atoms with Gasteiger partial charge in [0, 0.05) is 38.0 Å². The van der Waals surface area contributed by atoms with E-state index in [-0.39, 0.29) is 25.3 Å². The van der Waals surface area contributed by atoms with E-state index in [0.29, 0.717) is 43.7 Å². The maximum atomic E-state index is 14.4. The zero-order chi connectivity index (χ0) is 28.2. The molecule has 10 nitrogen and oxygen atoms in total. The van der Waals surface area contributed by atoms with Crippen molar-refractivity contribution in [3.05, 3.63) is 59.2 Å². The quantitative estimate of drug-likeness (QED) is 0.336. The third-order valence-corrected chi connectivity index (χ3v) is 6.50. The highest BCUT2D eigenvalue weighted by Crippen LogP contribution is 2.19. The Bertz CT molecular complexity index is 1130. The van der Waals surface area contributed by atoms with Crippen LogP contribution in [0.15, 0.2) is 36.7 Å². The largest absolute Gasteiger partial charge is 0.493 e. The SMILES string of the molecule is CCc1cncc(CNCC(O)C2Cc3cc(F)cc(c3)OCCCCCC(=O)NC(CC(N)=O)C(=O)N2)c1. The molecule has 0 radical (unpaired) electrons. The van der Waals surface area contributed by atoms with Gasteiger partial charge < -0.3 is 31.5 Å². The number of aryl methyl sites for hydroxylation is 1. The monoisotopic (exact) mass is 543 g/mol. The normalized spacial score (nSPS) is 19.9. The van der Waals surface area contributed by atoms with Crippen molar-refractivity contribution >= 4 is 17.7 Å². The highest BCUT2D eigenvalue weighted by Gasteiger charge is 2.28. The molecule has 0 spiro atoms. The molecule has 3 unspecified atom stereocenters. The number of amides is 3. The lowest BCUT2D eigenvalue weighted by Gasteiger charge is -2.27. The third-order valence-electron chi connectivity index (χ3n) is 6.50. The van der Waals surface area contributed by atoms with E-state index in [0.717, 1.165) is 17.5 Å². The molecule has 1 aromatic carbocycles. The van der Waals surface area contributed by atoms with Crippen molar-refractivity contribution in [2.45, 2.75) is 76.6 Å². The van der Waals surface area contributed by atoms with Crippen molar-refractivity contribution in [3.8, 4) is 5.75 Å². The van der Waals surface area contributed by atoms with Crippen LogP contribution in [0.1, 0.15) is 55.7 Å². The second-order valence-corrected chi connectivity index (χ2v) is 9.82. The van der Waals surface area contributed by atoms with Crippen LogP contribution in [0, 0.1) is 5.82 Å². The number of nitrogens with zero attached hydrogens (tertiary/aromatic N) is 1. The molecule has 2 bridgehead atoms. The van der Waals surface area contributed by atoms with Crippen molar-refractivity contribution < 1.29 is 28.6 Å². The summed E-state index contributed by atoms with van der Waals surface area (Å²) in [7, 11) is 0. The number of ether oxygens (including phenoxy) is 1. The zero-order valence-electron chi connectivity index (χ0n) is 22.2. The first-order chi connectivity index (χ1) is 18.7. The van der Waals surface area contributed by atoms with Gasteiger partial charge in [0.15, 0.2) is 0 Å².